The lowest BCUT2D eigenvalue weighted by molar-refractivity contribution is 1.41. The number of hydrogen-bond donors (Lipinski definition) is 1. The topological polar surface area (TPSA) is 15.8 Å². The molecule has 12 heavy (non-hydrogen) atoms. The summed E-state index contributed by atoms with van der Waals surface area (Å²) >= 11 is 0. The van der Waals surface area contributed by atoms with Gasteiger partial charge in [-0.05, 0) is 29.7 Å². The van der Waals surface area contributed by atoms with Gasteiger partial charge in [-0.1, -0.05) is 24.3 Å². The van der Waals surface area contributed by atoms with E-state index >= 15 is 0 Å². The van der Waals surface area contributed by atoms with Gasteiger partial charge < -0.3 is 4.98 Å². The molecule has 0 bridgehead atoms. The SMILES string of the molecule is Cc1ccccc1-c1cc[nH]c1. The first-order chi connectivity index (χ1) is 5.88. The van der Waals surface area contributed by atoms with Gasteiger partial charge in [-0.3, -0.25) is 0 Å². The Kier molecular flexibility index (Phi) is 1.71. The molecule has 0 aliphatic heterocycles. The molecule has 1 N–H and O–H groups in total. The predicted molar refractivity (Wildman–Crippen MR) is 51.0 cm³/mol. The normalized spacial score (nSPS) is 10.1. The Labute approximate surface area is 72.1 Å². The predicted octanol–water partition coefficient (Wildman–Crippen LogP) is 2.99. The average molecular weight is 157 g/mol. The highest BCUT2D eigenvalue weighted by Crippen LogP contribution is 2.21. The molecule has 1 aromatic heterocycles. The Morgan fingerprint density at radius 2 is 1.92 bits per heavy atom. The van der Waals surface area contributed by atoms with E-state index in [0.717, 1.165) is 0 Å². The van der Waals surface area contributed by atoms with Gasteiger partial charge in [0, 0.05) is 12.4 Å². The first-order valence-corrected chi connectivity index (χ1v) is 4.07. The van der Waals surface area contributed by atoms with Gasteiger partial charge in [0.1, 0.15) is 0 Å². The molecule has 0 atom stereocenters. The van der Waals surface area contributed by atoms with E-state index in [1.54, 1.807) is 0 Å². The van der Waals surface area contributed by atoms with Gasteiger partial charge in [0.05, 0.1) is 0 Å². The molecular weight excluding hydrogens is 146 g/mol. The lowest BCUT2D eigenvalue weighted by atomic mass is 10.0. The van der Waals surface area contributed by atoms with Crippen molar-refractivity contribution < 1.29 is 0 Å². The number of nitrogens with one attached hydrogen (secondary N) is 1. The number of aryl methyl sites for hydroxylation is 1. The van der Waals surface area contributed by atoms with Gasteiger partial charge in [-0.25, -0.2) is 0 Å². The molecule has 1 heterocycles. The fourth-order valence-electron chi connectivity index (χ4n) is 1.39. The van der Waals surface area contributed by atoms with Crippen LogP contribution in [0, 0.1) is 6.92 Å². The Bertz CT molecular complexity index is 360. The van der Waals surface area contributed by atoms with Crippen molar-refractivity contribution in [3.05, 3.63) is 48.3 Å². The van der Waals surface area contributed by atoms with E-state index in [0.29, 0.717) is 0 Å². The zero-order valence-corrected chi connectivity index (χ0v) is 7.04. The summed E-state index contributed by atoms with van der Waals surface area (Å²) in [5.41, 5.74) is 3.88. The van der Waals surface area contributed by atoms with Crippen molar-refractivity contribution >= 4 is 0 Å². The number of rotatable bonds is 1. The number of hydrogen-bond acceptors (Lipinski definition) is 0. The van der Waals surface area contributed by atoms with Gasteiger partial charge >= 0.3 is 0 Å². The van der Waals surface area contributed by atoms with E-state index in [4.69, 9.17) is 0 Å². The lowest BCUT2D eigenvalue weighted by Gasteiger charge is -2.00. The molecule has 1 nitrogen and oxygen atoms in total. The van der Waals surface area contributed by atoms with Gasteiger partial charge in [0.15, 0.2) is 0 Å². The second kappa shape index (κ2) is 2.86. The van der Waals surface area contributed by atoms with Gasteiger partial charge in [0.2, 0.25) is 0 Å². The summed E-state index contributed by atoms with van der Waals surface area (Å²) in [5, 5.41) is 0. The zero-order chi connectivity index (χ0) is 8.39. The molecular formula is C11H11N. The molecule has 0 amide bonds. The minimum absolute atomic E-state index is 1.26. The molecule has 0 saturated heterocycles. The Balaban J connectivity index is 2.55. The maximum Gasteiger partial charge on any atom is 0.00842 e. The summed E-state index contributed by atoms with van der Waals surface area (Å²) in [6.45, 7) is 2.13. The summed E-state index contributed by atoms with van der Waals surface area (Å²) in [6, 6.07) is 10.5. The molecule has 60 valence electrons. The molecule has 0 unspecified atom stereocenters. The fourth-order valence-corrected chi connectivity index (χ4v) is 1.39. The summed E-state index contributed by atoms with van der Waals surface area (Å²) in [4.78, 5) is 3.06. The molecule has 0 aliphatic carbocycles. The summed E-state index contributed by atoms with van der Waals surface area (Å²) in [5.74, 6) is 0. The van der Waals surface area contributed by atoms with Crippen LogP contribution in [0.5, 0.6) is 0 Å². The van der Waals surface area contributed by atoms with Gasteiger partial charge in [-0.2, -0.15) is 0 Å². The van der Waals surface area contributed by atoms with Crippen molar-refractivity contribution in [2.45, 2.75) is 6.92 Å². The van der Waals surface area contributed by atoms with Gasteiger partial charge in [0.25, 0.3) is 0 Å². The smallest absolute Gasteiger partial charge is 0.00842 e. The Morgan fingerprint density at radius 1 is 1.08 bits per heavy atom. The standard InChI is InChI=1S/C11H11N/c1-9-4-2-3-5-11(9)10-6-7-12-8-10/h2-8,12H,1H3. The van der Waals surface area contributed by atoms with Crippen molar-refractivity contribution in [2.75, 3.05) is 0 Å². The third kappa shape index (κ3) is 1.14. The van der Waals surface area contributed by atoms with Crippen LogP contribution in [0.2, 0.25) is 0 Å². The summed E-state index contributed by atoms with van der Waals surface area (Å²) in [6.07, 6.45) is 3.96. The molecule has 0 saturated carbocycles. The summed E-state index contributed by atoms with van der Waals surface area (Å²) < 4.78 is 0. The van der Waals surface area contributed by atoms with Crippen LogP contribution < -0.4 is 0 Å². The van der Waals surface area contributed by atoms with E-state index in [1.807, 2.05) is 12.4 Å². The van der Waals surface area contributed by atoms with Crippen LogP contribution in [0.4, 0.5) is 0 Å². The number of benzene rings is 1. The van der Waals surface area contributed by atoms with Crippen LogP contribution in [-0.4, -0.2) is 4.98 Å². The lowest BCUT2D eigenvalue weighted by Crippen LogP contribution is -1.78. The largest absolute Gasteiger partial charge is 0.367 e. The molecule has 2 rings (SSSR count). The summed E-state index contributed by atoms with van der Waals surface area (Å²) in [7, 11) is 0. The minimum atomic E-state index is 1.26. The minimum Gasteiger partial charge on any atom is -0.367 e. The highest BCUT2D eigenvalue weighted by molar-refractivity contribution is 5.66. The number of aromatic nitrogens is 1. The zero-order valence-electron chi connectivity index (χ0n) is 7.04. The molecule has 0 aliphatic rings. The first kappa shape index (κ1) is 7.17. The third-order valence-electron chi connectivity index (χ3n) is 2.05. The van der Waals surface area contributed by atoms with Crippen LogP contribution >= 0.6 is 0 Å². The molecule has 0 radical (unpaired) electrons. The third-order valence-corrected chi connectivity index (χ3v) is 2.05. The monoisotopic (exact) mass is 157 g/mol. The number of H-pyrrole nitrogens is 1. The maximum atomic E-state index is 3.06. The van der Waals surface area contributed by atoms with Crippen molar-refractivity contribution in [2.24, 2.45) is 0 Å². The maximum absolute atomic E-state index is 3.06. The van der Waals surface area contributed by atoms with Gasteiger partial charge in [-0.15, -0.1) is 0 Å². The van der Waals surface area contributed by atoms with Crippen molar-refractivity contribution in [3.63, 3.8) is 0 Å². The van der Waals surface area contributed by atoms with E-state index in [1.165, 1.54) is 16.7 Å². The molecule has 0 spiro atoms. The Morgan fingerprint density at radius 3 is 2.58 bits per heavy atom. The number of aromatic amines is 1. The molecule has 0 fully saturated rings. The van der Waals surface area contributed by atoms with Crippen LogP contribution in [-0.2, 0) is 0 Å². The van der Waals surface area contributed by atoms with E-state index in [9.17, 15) is 0 Å². The van der Waals surface area contributed by atoms with E-state index in [-0.39, 0.29) is 0 Å². The average Bonchev–Trinajstić information content (AvgIpc) is 2.57. The van der Waals surface area contributed by atoms with Crippen LogP contribution in [0.3, 0.4) is 0 Å². The highest BCUT2D eigenvalue weighted by atomic mass is 14.6. The molecule has 1 aromatic carbocycles. The molecule has 1 heteroatoms. The van der Waals surface area contributed by atoms with Crippen molar-refractivity contribution in [1.29, 1.82) is 0 Å². The van der Waals surface area contributed by atoms with Crippen LogP contribution in [0.1, 0.15) is 5.56 Å². The second-order valence-corrected chi connectivity index (χ2v) is 2.91. The van der Waals surface area contributed by atoms with E-state index < -0.39 is 0 Å². The van der Waals surface area contributed by atoms with Crippen LogP contribution in [0.25, 0.3) is 11.1 Å². The molecule has 2 aromatic rings. The van der Waals surface area contributed by atoms with Crippen molar-refractivity contribution in [1.82, 2.24) is 4.98 Å². The van der Waals surface area contributed by atoms with Crippen LogP contribution in [0.15, 0.2) is 42.7 Å². The van der Waals surface area contributed by atoms with E-state index in [2.05, 4.69) is 42.2 Å². The fraction of sp³-hybridized carbons (Fsp3) is 0.0909. The highest BCUT2D eigenvalue weighted by Gasteiger charge is 1.98. The Hall–Kier alpha value is -1.50. The second-order valence-electron chi connectivity index (χ2n) is 2.91. The first-order valence-electron chi connectivity index (χ1n) is 4.07. The quantitative estimate of drug-likeness (QED) is 0.655. The van der Waals surface area contributed by atoms with Crippen molar-refractivity contribution in [3.8, 4) is 11.1 Å².